The molecule has 0 spiro atoms. The second-order valence-electron chi connectivity index (χ2n) is 2.99. The lowest BCUT2D eigenvalue weighted by Crippen LogP contribution is -2.41. The van der Waals surface area contributed by atoms with Crippen molar-refractivity contribution in [2.45, 2.75) is 13.1 Å². The van der Waals surface area contributed by atoms with Gasteiger partial charge in [0.15, 0.2) is 0 Å². The molecule has 1 aromatic heterocycles. The van der Waals surface area contributed by atoms with Gasteiger partial charge in [-0.15, -0.1) is 11.6 Å². The van der Waals surface area contributed by atoms with Crippen LogP contribution < -0.4 is 4.50 Å². The van der Waals surface area contributed by atoms with Gasteiger partial charge in [0, 0.05) is 5.50 Å². The molecule has 1 rings (SSSR count). The number of thiophene rings is 1. The van der Waals surface area contributed by atoms with Crippen LogP contribution in [0.5, 0.6) is 0 Å². The monoisotopic (exact) mass is 190 g/mol. The maximum Gasteiger partial charge on any atom is 0.108 e. The molecule has 56 valence electrons. The first-order valence-corrected chi connectivity index (χ1v) is 7.89. The highest BCUT2D eigenvalue weighted by Gasteiger charge is 2.22. The Hall–Kier alpha value is 0.207. The topological polar surface area (TPSA) is 0 Å². The summed E-state index contributed by atoms with van der Waals surface area (Å²) in [5.74, 6) is 0. The minimum absolute atomic E-state index is 0.827. The van der Waals surface area contributed by atoms with Crippen LogP contribution in [0, 0.1) is 0 Å². The standard InChI is InChI=1S/C7H11ClSSi/c1-10(2,6-8)7-4-3-5-9-7/h3-5H,6H2,1-2H3. The van der Waals surface area contributed by atoms with E-state index in [1.807, 2.05) is 11.3 Å². The summed E-state index contributed by atoms with van der Waals surface area (Å²) in [5.41, 5.74) is 0.827. The Morgan fingerprint density at radius 2 is 2.30 bits per heavy atom. The lowest BCUT2D eigenvalue weighted by Gasteiger charge is -2.15. The van der Waals surface area contributed by atoms with Gasteiger partial charge in [-0.25, -0.2) is 0 Å². The predicted octanol–water partition coefficient (Wildman–Crippen LogP) is 2.44. The van der Waals surface area contributed by atoms with Crippen LogP contribution in [0.3, 0.4) is 0 Å². The van der Waals surface area contributed by atoms with Crippen molar-refractivity contribution in [2.24, 2.45) is 0 Å². The molecule has 0 aliphatic rings. The molecule has 0 fully saturated rings. The molecule has 0 aliphatic carbocycles. The van der Waals surface area contributed by atoms with Crippen LogP contribution in [0.2, 0.25) is 13.1 Å². The molecule has 0 aliphatic heterocycles. The van der Waals surface area contributed by atoms with Gasteiger partial charge in [-0.05, 0) is 9.88 Å². The number of hydrogen-bond donors (Lipinski definition) is 0. The molecule has 1 aromatic rings. The lowest BCUT2D eigenvalue weighted by atomic mass is 10.7. The van der Waals surface area contributed by atoms with Gasteiger partial charge in [-0.1, -0.05) is 25.2 Å². The maximum atomic E-state index is 5.85. The summed E-state index contributed by atoms with van der Waals surface area (Å²) < 4.78 is 1.50. The normalized spacial score (nSPS) is 11.9. The van der Waals surface area contributed by atoms with Crippen molar-refractivity contribution in [2.75, 3.05) is 5.50 Å². The Morgan fingerprint density at radius 3 is 2.70 bits per heavy atom. The molecule has 0 amide bonds. The molecule has 0 bridgehead atoms. The second-order valence-corrected chi connectivity index (χ2v) is 9.68. The van der Waals surface area contributed by atoms with Crippen molar-refractivity contribution < 1.29 is 0 Å². The van der Waals surface area contributed by atoms with Crippen LogP contribution in [0.25, 0.3) is 0 Å². The number of alkyl halides is 1. The van der Waals surface area contributed by atoms with Crippen LogP contribution in [-0.4, -0.2) is 13.6 Å². The molecular formula is C7H11ClSSi. The van der Waals surface area contributed by atoms with Crippen molar-refractivity contribution in [3.8, 4) is 0 Å². The SMILES string of the molecule is C[Si](C)(CCl)c1cccs1. The van der Waals surface area contributed by atoms with Crippen LogP contribution in [0.15, 0.2) is 17.5 Å². The van der Waals surface area contributed by atoms with E-state index < -0.39 is 8.07 Å². The third-order valence-electron chi connectivity index (χ3n) is 1.52. The molecule has 0 atom stereocenters. The van der Waals surface area contributed by atoms with E-state index in [2.05, 4.69) is 30.6 Å². The van der Waals surface area contributed by atoms with Gasteiger partial charge in [0.05, 0.1) is 0 Å². The van der Waals surface area contributed by atoms with Crippen molar-refractivity contribution in [1.29, 1.82) is 0 Å². The highest BCUT2D eigenvalue weighted by atomic mass is 35.5. The first-order valence-electron chi connectivity index (χ1n) is 3.27. The Morgan fingerprint density at radius 1 is 1.60 bits per heavy atom. The van der Waals surface area contributed by atoms with E-state index in [4.69, 9.17) is 11.6 Å². The zero-order chi connectivity index (χ0) is 7.61. The van der Waals surface area contributed by atoms with Crippen molar-refractivity contribution in [3.63, 3.8) is 0 Å². The minimum atomic E-state index is -1.22. The van der Waals surface area contributed by atoms with Gasteiger partial charge >= 0.3 is 0 Å². The fourth-order valence-electron chi connectivity index (χ4n) is 0.730. The van der Waals surface area contributed by atoms with Crippen LogP contribution in [0.1, 0.15) is 0 Å². The predicted molar refractivity (Wildman–Crippen MR) is 52.2 cm³/mol. The Bertz CT molecular complexity index is 193. The molecule has 1 heterocycles. The Kier molecular flexibility index (Phi) is 2.55. The summed E-state index contributed by atoms with van der Waals surface area (Å²) >= 11 is 7.68. The zero-order valence-electron chi connectivity index (χ0n) is 6.23. The van der Waals surface area contributed by atoms with E-state index >= 15 is 0 Å². The molecule has 0 N–H and O–H groups in total. The van der Waals surface area contributed by atoms with E-state index in [9.17, 15) is 0 Å². The maximum absolute atomic E-state index is 5.85. The Labute approximate surface area is 71.9 Å². The summed E-state index contributed by atoms with van der Waals surface area (Å²) in [7, 11) is -1.22. The third kappa shape index (κ3) is 1.62. The first-order chi connectivity index (χ1) is 4.67. The molecule has 0 saturated heterocycles. The van der Waals surface area contributed by atoms with Gasteiger partial charge in [0.25, 0.3) is 0 Å². The molecule has 10 heavy (non-hydrogen) atoms. The molecule has 0 saturated carbocycles. The summed E-state index contributed by atoms with van der Waals surface area (Å²) in [6.07, 6.45) is 0. The van der Waals surface area contributed by atoms with Crippen molar-refractivity contribution >= 4 is 35.5 Å². The van der Waals surface area contributed by atoms with Crippen LogP contribution in [0.4, 0.5) is 0 Å². The number of halogens is 1. The number of rotatable bonds is 2. The minimum Gasteiger partial charge on any atom is -0.154 e. The summed E-state index contributed by atoms with van der Waals surface area (Å²) in [6.45, 7) is 4.59. The summed E-state index contributed by atoms with van der Waals surface area (Å²) in [6, 6.07) is 4.29. The van der Waals surface area contributed by atoms with E-state index in [1.165, 1.54) is 4.50 Å². The average molecular weight is 191 g/mol. The van der Waals surface area contributed by atoms with E-state index in [1.54, 1.807) is 0 Å². The first kappa shape index (κ1) is 8.30. The van der Waals surface area contributed by atoms with Crippen molar-refractivity contribution in [3.05, 3.63) is 17.5 Å². The second kappa shape index (κ2) is 3.07. The van der Waals surface area contributed by atoms with E-state index in [0.29, 0.717) is 0 Å². The quantitative estimate of drug-likeness (QED) is 0.497. The zero-order valence-corrected chi connectivity index (χ0v) is 8.80. The lowest BCUT2D eigenvalue weighted by molar-refractivity contribution is 1.74. The van der Waals surface area contributed by atoms with Crippen LogP contribution in [-0.2, 0) is 0 Å². The summed E-state index contributed by atoms with van der Waals surface area (Å²) in [5, 5.41) is 2.12. The van der Waals surface area contributed by atoms with E-state index in [-0.39, 0.29) is 0 Å². The van der Waals surface area contributed by atoms with Gasteiger partial charge in [0.1, 0.15) is 8.07 Å². The highest BCUT2D eigenvalue weighted by Crippen LogP contribution is 2.08. The molecule has 0 radical (unpaired) electrons. The summed E-state index contributed by atoms with van der Waals surface area (Å²) in [4.78, 5) is 0. The molecule has 0 nitrogen and oxygen atoms in total. The van der Waals surface area contributed by atoms with Gasteiger partial charge in [0.2, 0.25) is 0 Å². The van der Waals surface area contributed by atoms with Crippen molar-refractivity contribution in [1.82, 2.24) is 0 Å². The fourth-order valence-corrected chi connectivity index (χ4v) is 4.24. The van der Waals surface area contributed by atoms with Crippen LogP contribution >= 0.6 is 22.9 Å². The van der Waals surface area contributed by atoms with Gasteiger partial charge in [-0.2, -0.15) is 11.3 Å². The largest absolute Gasteiger partial charge is 0.154 e. The van der Waals surface area contributed by atoms with Gasteiger partial charge in [-0.3, -0.25) is 0 Å². The highest BCUT2D eigenvalue weighted by molar-refractivity contribution is 7.26. The average Bonchev–Trinajstić information content (AvgIpc) is 2.38. The van der Waals surface area contributed by atoms with E-state index in [0.717, 1.165) is 5.50 Å². The number of hydrogen-bond acceptors (Lipinski definition) is 1. The fraction of sp³-hybridized carbons (Fsp3) is 0.429. The Balaban J connectivity index is 2.85. The molecule has 0 unspecified atom stereocenters. The third-order valence-corrected chi connectivity index (χ3v) is 8.39. The van der Waals surface area contributed by atoms with Gasteiger partial charge < -0.3 is 0 Å². The molecular weight excluding hydrogens is 180 g/mol. The molecule has 3 heteroatoms. The smallest absolute Gasteiger partial charge is 0.108 e. The molecule has 0 aromatic carbocycles.